The quantitative estimate of drug-likeness (QED) is 0.140. The highest BCUT2D eigenvalue weighted by molar-refractivity contribution is 7.15. The van der Waals surface area contributed by atoms with Gasteiger partial charge in [-0.25, -0.2) is 4.98 Å². The molecule has 0 bridgehead atoms. The molecule has 9 heteroatoms. The van der Waals surface area contributed by atoms with Gasteiger partial charge in [-0.2, -0.15) is 18.3 Å². The minimum Gasteiger partial charge on any atom is -0.402 e. The molecule has 206 valence electrons. The van der Waals surface area contributed by atoms with Gasteiger partial charge in [0.1, 0.15) is 11.4 Å². The molecule has 3 heterocycles. The number of nitrogens with one attached hydrogen (secondary N) is 2. The Morgan fingerprint density at radius 3 is 2.26 bits per heavy atom. The summed E-state index contributed by atoms with van der Waals surface area (Å²) in [4.78, 5) is 6.90. The van der Waals surface area contributed by atoms with E-state index in [1.165, 1.54) is 42.2 Å². The number of thiophene rings is 1. The summed E-state index contributed by atoms with van der Waals surface area (Å²) in [6.07, 6.45) is 8.24. The number of aryl methyl sites for hydroxylation is 2. The molecule has 0 aromatic carbocycles. The molecule has 3 rings (SSSR count). The fraction of sp³-hybridized carbons (Fsp3) is 0.483. The zero-order chi connectivity index (χ0) is 27.7. The van der Waals surface area contributed by atoms with E-state index in [0.717, 1.165) is 55.0 Å². The second-order valence-electron chi connectivity index (χ2n) is 9.78. The summed E-state index contributed by atoms with van der Waals surface area (Å²) in [5.74, 6) is 0. The number of H-pyrrole nitrogens is 1. The smallest absolute Gasteiger partial charge is 0.402 e. The molecule has 0 aliphatic carbocycles. The van der Waals surface area contributed by atoms with Crippen LogP contribution in [0.2, 0.25) is 0 Å². The van der Waals surface area contributed by atoms with Gasteiger partial charge in [0.15, 0.2) is 0 Å². The van der Waals surface area contributed by atoms with Crippen molar-refractivity contribution in [1.82, 2.24) is 15.2 Å². The Labute approximate surface area is 227 Å². The Hall–Kier alpha value is -2.94. The maximum Gasteiger partial charge on any atom is 0.432 e. The predicted molar refractivity (Wildman–Crippen MR) is 151 cm³/mol. The molecule has 0 saturated heterocycles. The Balaban J connectivity index is 2.07. The van der Waals surface area contributed by atoms with Crippen LogP contribution in [-0.4, -0.2) is 20.9 Å². The van der Waals surface area contributed by atoms with Gasteiger partial charge in [0.2, 0.25) is 0 Å². The summed E-state index contributed by atoms with van der Waals surface area (Å²) in [6.45, 7) is 6.07. The molecule has 0 saturated carbocycles. The number of unbranched alkanes of at least 4 members (excludes halogenated alkanes) is 6. The number of pyridine rings is 1. The van der Waals surface area contributed by atoms with Crippen LogP contribution >= 0.6 is 11.3 Å². The van der Waals surface area contributed by atoms with E-state index in [-0.39, 0.29) is 17.1 Å². The highest BCUT2D eigenvalue weighted by Gasteiger charge is 2.33. The molecule has 38 heavy (non-hydrogen) atoms. The lowest BCUT2D eigenvalue weighted by molar-refractivity contribution is -0.141. The summed E-state index contributed by atoms with van der Waals surface area (Å²) < 4.78 is 39.7. The third kappa shape index (κ3) is 8.28. The van der Waals surface area contributed by atoms with E-state index in [2.05, 4.69) is 35.1 Å². The largest absolute Gasteiger partial charge is 0.432 e. The Kier molecular flexibility index (Phi) is 10.7. The van der Waals surface area contributed by atoms with E-state index in [0.29, 0.717) is 11.4 Å². The number of nitrogens with two attached hydrogens (primary N) is 1. The van der Waals surface area contributed by atoms with E-state index < -0.39 is 11.9 Å². The minimum absolute atomic E-state index is 0.0857. The number of hydrogen-bond acceptors (Lipinski definition) is 5. The molecule has 0 aliphatic heterocycles. The van der Waals surface area contributed by atoms with Crippen LogP contribution in [0.25, 0.3) is 21.8 Å². The van der Waals surface area contributed by atoms with E-state index >= 15 is 0 Å². The van der Waals surface area contributed by atoms with Crippen LogP contribution in [0.15, 0.2) is 36.0 Å². The maximum atomic E-state index is 13.2. The van der Waals surface area contributed by atoms with E-state index in [9.17, 15) is 13.2 Å². The number of nitrogens with zero attached hydrogens (tertiary/aromatic N) is 2. The third-order valence-corrected chi connectivity index (χ3v) is 7.60. The zero-order valence-corrected chi connectivity index (χ0v) is 23.3. The van der Waals surface area contributed by atoms with Crippen LogP contribution in [0, 0.1) is 5.41 Å². The zero-order valence-electron chi connectivity index (χ0n) is 22.5. The van der Waals surface area contributed by atoms with Gasteiger partial charge in [-0.05, 0) is 74.1 Å². The van der Waals surface area contributed by atoms with Gasteiger partial charge in [0.05, 0.1) is 17.1 Å². The van der Waals surface area contributed by atoms with Crippen molar-refractivity contribution >= 4 is 17.0 Å². The van der Waals surface area contributed by atoms with Crippen molar-refractivity contribution in [2.75, 3.05) is 0 Å². The van der Waals surface area contributed by atoms with Crippen molar-refractivity contribution in [3.8, 4) is 21.8 Å². The van der Waals surface area contributed by atoms with Crippen LogP contribution in [0.3, 0.4) is 0 Å². The number of aromatic nitrogens is 3. The molecule has 4 N–H and O–H groups in total. The Morgan fingerprint density at radius 2 is 1.66 bits per heavy atom. The lowest BCUT2D eigenvalue weighted by Gasteiger charge is -2.09. The van der Waals surface area contributed by atoms with Crippen molar-refractivity contribution in [2.45, 2.75) is 91.2 Å². The van der Waals surface area contributed by atoms with E-state index in [4.69, 9.17) is 11.1 Å². The fourth-order valence-electron chi connectivity index (χ4n) is 4.34. The first-order chi connectivity index (χ1) is 18.1. The molecule has 0 fully saturated rings. The number of alkyl halides is 3. The monoisotopic (exact) mass is 545 g/mol. The average Bonchev–Trinajstić information content (AvgIpc) is 3.52. The van der Waals surface area contributed by atoms with Gasteiger partial charge in [0.25, 0.3) is 0 Å². The van der Waals surface area contributed by atoms with Gasteiger partial charge in [-0.15, -0.1) is 11.3 Å². The second-order valence-corrected chi connectivity index (χ2v) is 10.9. The van der Waals surface area contributed by atoms with Crippen molar-refractivity contribution in [1.29, 1.82) is 5.41 Å². The number of hydrogen-bond donors (Lipinski definition) is 3. The molecular weight excluding hydrogens is 507 g/mol. The van der Waals surface area contributed by atoms with Gasteiger partial charge in [-0.3, -0.25) is 10.5 Å². The molecule has 3 aromatic heterocycles. The molecule has 0 atom stereocenters. The van der Waals surface area contributed by atoms with E-state index in [1.807, 2.05) is 6.07 Å². The number of halogens is 3. The number of rotatable bonds is 14. The lowest BCUT2D eigenvalue weighted by Crippen LogP contribution is -2.05. The first kappa shape index (κ1) is 29.6. The standard InChI is InChI=1S/C29H38F3N5S/c1-4-6-8-10-12-20-15-22(13-11-9-7-5-2)38-28(20)21-16-24(23(34)14-19(3)33)35-25(17-21)26-18-27(37-36-26)29(30,31)32/h14-18,34H,4-13,33H2,1-3H3,(H,36,37). The van der Waals surface area contributed by atoms with Crippen LogP contribution in [-0.2, 0) is 19.0 Å². The summed E-state index contributed by atoms with van der Waals surface area (Å²) in [5.41, 5.74) is 8.21. The first-order valence-electron chi connectivity index (χ1n) is 13.4. The summed E-state index contributed by atoms with van der Waals surface area (Å²) >= 11 is 1.74. The van der Waals surface area contributed by atoms with Crippen molar-refractivity contribution in [3.05, 3.63) is 57.9 Å². The summed E-state index contributed by atoms with van der Waals surface area (Å²) in [7, 11) is 0. The average molecular weight is 546 g/mol. The number of allylic oxidation sites excluding steroid dienone is 2. The summed E-state index contributed by atoms with van der Waals surface area (Å²) in [6, 6.07) is 6.88. The van der Waals surface area contributed by atoms with Crippen molar-refractivity contribution in [3.63, 3.8) is 0 Å². The van der Waals surface area contributed by atoms with Crippen LogP contribution in [0.1, 0.15) is 94.0 Å². The third-order valence-electron chi connectivity index (χ3n) is 6.32. The van der Waals surface area contributed by atoms with Gasteiger partial charge in [0, 0.05) is 15.5 Å². The van der Waals surface area contributed by atoms with Crippen LogP contribution in [0.4, 0.5) is 13.2 Å². The molecule has 0 radical (unpaired) electrons. The minimum atomic E-state index is -4.54. The van der Waals surface area contributed by atoms with Gasteiger partial charge >= 0.3 is 6.18 Å². The normalized spacial score (nSPS) is 12.3. The van der Waals surface area contributed by atoms with Crippen LogP contribution < -0.4 is 5.73 Å². The number of aromatic amines is 1. The highest BCUT2D eigenvalue weighted by atomic mass is 32.1. The van der Waals surface area contributed by atoms with Gasteiger partial charge in [-0.1, -0.05) is 52.4 Å². The molecule has 0 aliphatic rings. The topological polar surface area (TPSA) is 91.4 Å². The van der Waals surface area contributed by atoms with Gasteiger partial charge < -0.3 is 5.73 Å². The molecule has 0 amide bonds. The predicted octanol–water partition coefficient (Wildman–Crippen LogP) is 8.69. The molecule has 3 aromatic rings. The first-order valence-corrected chi connectivity index (χ1v) is 14.2. The second kappa shape index (κ2) is 13.7. The lowest BCUT2D eigenvalue weighted by atomic mass is 10.0. The molecule has 5 nitrogen and oxygen atoms in total. The molecule has 0 spiro atoms. The Morgan fingerprint density at radius 1 is 0.974 bits per heavy atom. The van der Waals surface area contributed by atoms with E-state index in [1.54, 1.807) is 24.3 Å². The fourth-order valence-corrected chi connectivity index (χ4v) is 5.58. The maximum absolute atomic E-state index is 13.2. The summed E-state index contributed by atoms with van der Waals surface area (Å²) in [5, 5.41) is 14.5. The SMILES string of the molecule is CCCCCCc1cc(CCCCCC)c(-c2cc(C(=N)C=C(C)N)nc(-c3cc(C(F)(F)F)[nH]n3)c2)s1. The highest BCUT2D eigenvalue weighted by Crippen LogP contribution is 2.37. The van der Waals surface area contributed by atoms with Crippen molar-refractivity contribution < 1.29 is 13.2 Å². The molecular formula is C29H38F3N5S. The molecule has 0 unspecified atom stereocenters. The van der Waals surface area contributed by atoms with Crippen molar-refractivity contribution in [2.24, 2.45) is 5.73 Å². The Bertz CT molecular complexity index is 1240. The van der Waals surface area contributed by atoms with Crippen LogP contribution in [0.5, 0.6) is 0 Å².